The van der Waals surface area contributed by atoms with Crippen LogP contribution in [0.2, 0.25) is 0 Å². The summed E-state index contributed by atoms with van der Waals surface area (Å²) >= 11 is 0. The normalized spacial score (nSPS) is 25.3. The summed E-state index contributed by atoms with van der Waals surface area (Å²) in [6.07, 6.45) is 2.21. The summed E-state index contributed by atoms with van der Waals surface area (Å²) in [5, 5.41) is 9.75. The molecule has 1 aromatic rings. The van der Waals surface area contributed by atoms with Crippen molar-refractivity contribution in [3.05, 3.63) is 29.6 Å². The molecule has 0 bridgehead atoms. The average molecular weight is 252 g/mol. The maximum absolute atomic E-state index is 13.2. The van der Waals surface area contributed by atoms with Crippen molar-refractivity contribution in [3.63, 3.8) is 0 Å². The lowest BCUT2D eigenvalue weighted by molar-refractivity contribution is 0.114. The van der Waals surface area contributed by atoms with Crippen molar-refractivity contribution in [1.82, 2.24) is 4.90 Å². The van der Waals surface area contributed by atoms with Gasteiger partial charge < -0.3 is 10.8 Å². The maximum atomic E-state index is 13.2. The summed E-state index contributed by atoms with van der Waals surface area (Å²) < 4.78 is 13.2. The van der Waals surface area contributed by atoms with E-state index in [1.54, 1.807) is 0 Å². The Labute approximate surface area is 107 Å². The van der Waals surface area contributed by atoms with Crippen LogP contribution >= 0.6 is 0 Å². The third-order valence-electron chi connectivity index (χ3n) is 3.79. The van der Waals surface area contributed by atoms with Crippen LogP contribution in [0.5, 0.6) is 5.75 Å². The van der Waals surface area contributed by atoms with Crippen LogP contribution in [0.1, 0.15) is 25.3 Å². The van der Waals surface area contributed by atoms with Crippen LogP contribution in [0, 0.1) is 11.7 Å². The number of piperidine rings is 1. The molecule has 1 fully saturated rings. The predicted molar refractivity (Wildman–Crippen MR) is 69.7 cm³/mol. The Bertz CT molecular complexity index is 411. The molecule has 2 atom stereocenters. The first-order valence-corrected chi connectivity index (χ1v) is 6.51. The van der Waals surface area contributed by atoms with E-state index in [9.17, 15) is 9.50 Å². The van der Waals surface area contributed by atoms with Gasteiger partial charge in [-0.2, -0.15) is 0 Å². The molecule has 3 nitrogen and oxygen atoms in total. The number of rotatable bonds is 3. The van der Waals surface area contributed by atoms with E-state index in [4.69, 9.17) is 5.73 Å². The van der Waals surface area contributed by atoms with Gasteiger partial charge in [-0.05, 0) is 43.5 Å². The smallest absolute Gasteiger partial charge is 0.123 e. The van der Waals surface area contributed by atoms with Crippen LogP contribution in [0.25, 0.3) is 0 Å². The first-order chi connectivity index (χ1) is 8.60. The molecule has 1 aromatic carbocycles. The van der Waals surface area contributed by atoms with Crippen LogP contribution in [-0.4, -0.2) is 29.1 Å². The first kappa shape index (κ1) is 13.3. The molecule has 0 aliphatic carbocycles. The fourth-order valence-electron chi connectivity index (χ4n) is 2.65. The molecule has 0 spiro atoms. The maximum Gasteiger partial charge on any atom is 0.123 e. The van der Waals surface area contributed by atoms with Crippen molar-refractivity contribution in [3.8, 4) is 5.75 Å². The fourth-order valence-corrected chi connectivity index (χ4v) is 2.65. The molecule has 3 N–H and O–H groups in total. The van der Waals surface area contributed by atoms with Crippen molar-refractivity contribution in [2.24, 2.45) is 11.7 Å². The van der Waals surface area contributed by atoms with Crippen molar-refractivity contribution in [2.75, 3.05) is 13.1 Å². The Hall–Kier alpha value is -1.13. The Balaban J connectivity index is 2.10. The SMILES string of the molecule is CC1CCN(Cc2cc(F)ccc2O)C(CN)C1. The molecule has 1 aliphatic rings. The zero-order chi connectivity index (χ0) is 13.1. The third-order valence-corrected chi connectivity index (χ3v) is 3.79. The van der Waals surface area contributed by atoms with E-state index in [-0.39, 0.29) is 11.6 Å². The highest BCUT2D eigenvalue weighted by atomic mass is 19.1. The van der Waals surface area contributed by atoms with E-state index in [2.05, 4.69) is 11.8 Å². The van der Waals surface area contributed by atoms with Gasteiger partial charge in [0.05, 0.1) is 0 Å². The number of phenols is 1. The molecule has 0 saturated carbocycles. The second-order valence-corrected chi connectivity index (χ2v) is 5.26. The van der Waals surface area contributed by atoms with Crippen molar-refractivity contribution < 1.29 is 9.50 Å². The summed E-state index contributed by atoms with van der Waals surface area (Å²) in [6, 6.07) is 4.42. The lowest BCUT2D eigenvalue weighted by Crippen LogP contribution is -2.45. The molecule has 1 aliphatic heterocycles. The minimum atomic E-state index is -0.308. The molecule has 4 heteroatoms. The molecule has 2 rings (SSSR count). The Kier molecular flexibility index (Phi) is 4.19. The molecule has 0 aromatic heterocycles. The first-order valence-electron chi connectivity index (χ1n) is 6.51. The van der Waals surface area contributed by atoms with Crippen LogP contribution in [0.15, 0.2) is 18.2 Å². The molecule has 0 amide bonds. The lowest BCUT2D eigenvalue weighted by atomic mass is 9.92. The van der Waals surface area contributed by atoms with Gasteiger partial charge in [-0.15, -0.1) is 0 Å². The number of likely N-dealkylation sites (tertiary alicyclic amines) is 1. The van der Waals surface area contributed by atoms with Crippen molar-refractivity contribution in [1.29, 1.82) is 0 Å². The molecule has 18 heavy (non-hydrogen) atoms. The number of aromatic hydroxyl groups is 1. The van der Waals surface area contributed by atoms with Gasteiger partial charge in [0.15, 0.2) is 0 Å². The summed E-state index contributed by atoms with van der Waals surface area (Å²) in [5.41, 5.74) is 6.44. The van der Waals surface area contributed by atoms with Crippen LogP contribution < -0.4 is 5.73 Å². The van der Waals surface area contributed by atoms with E-state index in [1.807, 2.05) is 0 Å². The van der Waals surface area contributed by atoms with E-state index in [0.29, 0.717) is 30.6 Å². The topological polar surface area (TPSA) is 49.5 Å². The zero-order valence-electron chi connectivity index (χ0n) is 10.8. The second kappa shape index (κ2) is 5.67. The number of phenolic OH excluding ortho intramolecular Hbond substituents is 1. The number of benzene rings is 1. The molecular formula is C14H21FN2O. The minimum absolute atomic E-state index is 0.158. The van der Waals surface area contributed by atoms with Gasteiger partial charge in [0.2, 0.25) is 0 Å². The summed E-state index contributed by atoms with van der Waals surface area (Å²) in [6.45, 7) is 4.37. The predicted octanol–water partition coefficient (Wildman–Crippen LogP) is 2.09. The van der Waals surface area contributed by atoms with E-state index < -0.39 is 0 Å². The standard InChI is InChI=1S/C14H21FN2O/c1-10-4-5-17(13(6-10)8-16)9-11-7-12(15)2-3-14(11)18/h2-3,7,10,13,18H,4-6,8-9,16H2,1H3. The Morgan fingerprint density at radius 3 is 3.00 bits per heavy atom. The number of hydrogen-bond donors (Lipinski definition) is 2. The van der Waals surface area contributed by atoms with Gasteiger partial charge in [-0.1, -0.05) is 6.92 Å². The summed E-state index contributed by atoms with van der Waals surface area (Å²) in [5.74, 6) is 0.541. The largest absolute Gasteiger partial charge is 0.508 e. The summed E-state index contributed by atoms with van der Waals surface area (Å²) in [7, 11) is 0. The van der Waals surface area contributed by atoms with Gasteiger partial charge in [0.25, 0.3) is 0 Å². The molecular weight excluding hydrogens is 231 g/mol. The number of halogens is 1. The Morgan fingerprint density at radius 2 is 2.28 bits per heavy atom. The molecule has 0 radical (unpaired) electrons. The second-order valence-electron chi connectivity index (χ2n) is 5.26. The fraction of sp³-hybridized carbons (Fsp3) is 0.571. The van der Waals surface area contributed by atoms with Crippen molar-refractivity contribution >= 4 is 0 Å². The highest BCUT2D eigenvalue weighted by Crippen LogP contribution is 2.26. The zero-order valence-corrected chi connectivity index (χ0v) is 10.8. The number of hydrogen-bond acceptors (Lipinski definition) is 3. The van der Waals surface area contributed by atoms with Crippen LogP contribution in [-0.2, 0) is 6.54 Å². The third kappa shape index (κ3) is 3.00. The van der Waals surface area contributed by atoms with Crippen molar-refractivity contribution in [2.45, 2.75) is 32.4 Å². The van der Waals surface area contributed by atoms with Gasteiger partial charge >= 0.3 is 0 Å². The number of nitrogens with zero attached hydrogens (tertiary/aromatic N) is 1. The molecule has 100 valence electrons. The van der Waals surface area contributed by atoms with Gasteiger partial charge in [0.1, 0.15) is 11.6 Å². The molecule has 1 saturated heterocycles. The van der Waals surface area contributed by atoms with E-state index in [0.717, 1.165) is 19.4 Å². The van der Waals surface area contributed by atoms with Crippen LogP contribution in [0.4, 0.5) is 4.39 Å². The summed E-state index contributed by atoms with van der Waals surface area (Å²) in [4.78, 5) is 2.24. The quantitative estimate of drug-likeness (QED) is 0.866. The van der Waals surface area contributed by atoms with E-state index in [1.165, 1.54) is 18.2 Å². The highest BCUT2D eigenvalue weighted by Gasteiger charge is 2.25. The number of nitrogens with two attached hydrogens (primary N) is 1. The van der Waals surface area contributed by atoms with Gasteiger partial charge in [0, 0.05) is 24.7 Å². The monoisotopic (exact) mass is 252 g/mol. The molecule has 2 unspecified atom stereocenters. The van der Waals surface area contributed by atoms with Gasteiger partial charge in [-0.25, -0.2) is 4.39 Å². The Morgan fingerprint density at radius 1 is 1.50 bits per heavy atom. The van der Waals surface area contributed by atoms with Crippen LogP contribution in [0.3, 0.4) is 0 Å². The minimum Gasteiger partial charge on any atom is -0.508 e. The van der Waals surface area contributed by atoms with E-state index >= 15 is 0 Å². The highest BCUT2D eigenvalue weighted by molar-refractivity contribution is 5.32. The average Bonchev–Trinajstić information content (AvgIpc) is 2.36. The molecule has 1 heterocycles. The lowest BCUT2D eigenvalue weighted by Gasteiger charge is -2.38. The van der Waals surface area contributed by atoms with Gasteiger partial charge in [-0.3, -0.25) is 4.90 Å².